The fraction of sp³-hybridized carbons (Fsp3) is 0.385. The SMILES string of the molecule is CCOC(=O)c1c(NC(=O)c2ccc(N3C(=O)C4CC=CCC4C3=O)cc2)sc2c1CCCC2. The highest BCUT2D eigenvalue weighted by molar-refractivity contribution is 7.17. The first-order valence-corrected chi connectivity index (χ1v) is 12.6. The van der Waals surface area contributed by atoms with Crippen LogP contribution in [-0.2, 0) is 27.2 Å². The lowest BCUT2D eigenvalue weighted by Gasteiger charge is -2.15. The standard InChI is InChI=1S/C26H26N2O5S/c1-2-33-26(32)21-19-9-5-6-10-20(19)34-23(21)27-22(29)15-11-13-16(14-12-15)28-24(30)17-7-3-4-8-18(17)25(28)31/h3-4,11-14,17-18H,2,5-10H2,1H3,(H,27,29). The van der Waals surface area contributed by atoms with Crippen LogP contribution >= 0.6 is 11.3 Å². The lowest BCUT2D eigenvalue weighted by Crippen LogP contribution is -2.30. The van der Waals surface area contributed by atoms with Crippen LogP contribution in [0.15, 0.2) is 36.4 Å². The topological polar surface area (TPSA) is 92.8 Å². The number of nitrogens with zero attached hydrogens (tertiary/aromatic N) is 1. The Morgan fingerprint density at radius 2 is 1.68 bits per heavy atom. The third-order valence-electron chi connectivity index (χ3n) is 6.77. The number of imide groups is 1. The van der Waals surface area contributed by atoms with Crippen LogP contribution in [0.25, 0.3) is 0 Å². The molecule has 0 radical (unpaired) electrons. The smallest absolute Gasteiger partial charge is 0.341 e. The number of fused-ring (bicyclic) bond motifs is 2. The lowest BCUT2D eigenvalue weighted by atomic mass is 9.85. The van der Waals surface area contributed by atoms with Crippen molar-refractivity contribution in [1.82, 2.24) is 0 Å². The molecule has 1 aromatic heterocycles. The van der Waals surface area contributed by atoms with E-state index in [4.69, 9.17) is 4.74 Å². The van der Waals surface area contributed by atoms with E-state index in [2.05, 4.69) is 5.32 Å². The van der Waals surface area contributed by atoms with E-state index in [9.17, 15) is 19.2 Å². The van der Waals surface area contributed by atoms with Crippen molar-refractivity contribution >= 4 is 45.7 Å². The second kappa shape index (κ2) is 9.18. The van der Waals surface area contributed by atoms with Gasteiger partial charge in [-0.1, -0.05) is 12.2 Å². The molecule has 0 saturated carbocycles. The second-order valence-electron chi connectivity index (χ2n) is 8.80. The number of ether oxygens (including phenoxy) is 1. The summed E-state index contributed by atoms with van der Waals surface area (Å²) in [6.07, 6.45) is 8.85. The van der Waals surface area contributed by atoms with Crippen molar-refractivity contribution in [2.24, 2.45) is 11.8 Å². The van der Waals surface area contributed by atoms with Crippen LogP contribution in [0.3, 0.4) is 0 Å². The van der Waals surface area contributed by atoms with Crippen molar-refractivity contribution in [1.29, 1.82) is 0 Å². The zero-order valence-corrected chi connectivity index (χ0v) is 19.8. The number of anilines is 2. The van der Waals surface area contributed by atoms with Gasteiger partial charge in [0.25, 0.3) is 5.91 Å². The molecule has 0 spiro atoms. The average molecular weight is 479 g/mol. The maximum Gasteiger partial charge on any atom is 0.341 e. The third-order valence-corrected chi connectivity index (χ3v) is 7.98. The monoisotopic (exact) mass is 478 g/mol. The lowest BCUT2D eigenvalue weighted by molar-refractivity contribution is -0.122. The summed E-state index contributed by atoms with van der Waals surface area (Å²) in [4.78, 5) is 53.6. The van der Waals surface area contributed by atoms with E-state index >= 15 is 0 Å². The van der Waals surface area contributed by atoms with E-state index < -0.39 is 5.97 Å². The van der Waals surface area contributed by atoms with Gasteiger partial charge < -0.3 is 10.1 Å². The fourth-order valence-corrected chi connectivity index (χ4v) is 6.34. The van der Waals surface area contributed by atoms with Gasteiger partial charge in [0.2, 0.25) is 11.8 Å². The molecule has 2 heterocycles. The van der Waals surface area contributed by atoms with Gasteiger partial charge in [-0.05, 0) is 75.3 Å². The largest absolute Gasteiger partial charge is 0.462 e. The highest BCUT2D eigenvalue weighted by atomic mass is 32.1. The summed E-state index contributed by atoms with van der Waals surface area (Å²) in [5.74, 6) is -1.72. The number of amides is 3. The number of hydrogen-bond donors (Lipinski definition) is 1. The van der Waals surface area contributed by atoms with Crippen molar-refractivity contribution in [3.8, 4) is 0 Å². The molecular weight excluding hydrogens is 452 g/mol. The first-order valence-electron chi connectivity index (χ1n) is 11.8. The molecule has 34 heavy (non-hydrogen) atoms. The van der Waals surface area contributed by atoms with Gasteiger partial charge in [0.05, 0.1) is 29.7 Å². The molecule has 7 nitrogen and oxygen atoms in total. The molecule has 176 valence electrons. The predicted octanol–water partition coefficient (Wildman–Crippen LogP) is 4.51. The summed E-state index contributed by atoms with van der Waals surface area (Å²) >= 11 is 1.44. The Morgan fingerprint density at radius 3 is 2.32 bits per heavy atom. The Balaban J connectivity index is 1.36. The van der Waals surface area contributed by atoms with Crippen LogP contribution in [0.4, 0.5) is 10.7 Å². The molecule has 1 aliphatic heterocycles. The van der Waals surface area contributed by atoms with E-state index in [1.807, 2.05) is 12.2 Å². The van der Waals surface area contributed by atoms with Crippen LogP contribution in [0, 0.1) is 11.8 Å². The number of aryl methyl sites for hydroxylation is 1. The Bertz CT molecular complexity index is 1170. The molecule has 2 unspecified atom stereocenters. The van der Waals surface area contributed by atoms with Crippen molar-refractivity contribution in [2.45, 2.75) is 45.4 Å². The highest BCUT2D eigenvalue weighted by Gasteiger charge is 2.47. The van der Waals surface area contributed by atoms with Gasteiger partial charge in [0.1, 0.15) is 5.00 Å². The van der Waals surface area contributed by atoms with E-state index in [1.54, 1.807) is 31.2 Å². The first kappa shape index (κ1) is 22.5. The van der Waals surface area contributed by atoms with Gasteiger partial charge >= 0.3 is 5.97 Å². The number of thiophene rings is 1. The van der Waals surface area contributed by atoms with E-state index in [0.29, 0.717) is 34.7 Å². The van der Waals surface area contributed by atoms with Crippen LogP contribution < -0.4 is 10.2 Å². The van der Waals surface area contributed by atoms with Crippen LogP contribution in [0.2, 0.25) is 0 Å². The van der Waals surface area contributed by atoms with Gasteiger partial charge in [-0.25, -0.2) is 4.79 Å². The van der Waals surface area contributed by atoms with Crippen molar-refractivity contribution < 1.29 is 23.9 Å². The summed E-state index contributed by atoms with van der Waals surface area (Å²) in [5, 5.41) is 3.41. The van der Waals surface area contributed by atoms with E-state index in [0.717, 1.165) is 36.1 Å². The minimum Gasteiger partial charge on any atom is -0.462 e. The number of esters is 1. The summed E-state index contributed by atoms with van der Waals surface area (Å²) in [6, 6.07) is 6.45. The van der Waals surface area contributed by atoms with Gasteiger partial charge in [-0.3, -0.25) is 19.3 Å². The summed E-state index contributed by atoms with van der Waals surface area (Å²) in [7, 11) is 0. The minimum absolute atomic E-state index is 0.181. The average Bonchev–Trinajstić information content (AvgIpc) is 3.34. The van der Waals surface area contributed by atoms with Crippen molar-refractivity contribution in [3.63, 3.8) is 0 Å². The summed E-state index contributed by atoms with van der Waals surface area (Å²) < 4.78 is 5.26. The number of carbonyl (C=O) groups is 4. The number of allylic oxidation sites excluding steroid dienone is 2. The molecule has 3 amide bonds. The quantitative estimate of drug-likeness (QED) is 0.388. The Morgan fingerprint density at radius 1 is 1.03 bits per heavy atom. The minimum atomic E-state index is -0.408. The summed E-state index contributed by atoms with van der Waals surface area (Å²) in [6.45, 7) is 2.03. The molecule has 2 aromatic rings. The molecule has 0 bridgehead atoms. The normalized spacial score (nSPS) is 21.3. The highest BCUT2D eigenvalue weighted by Crippen LogP contribution is 2.40. The maximum absolute atomic E-state index is 13.0. The molecule has 1 aromatic carbocycles. The maximum atomic E-state index is 13.0. The molecule has 1 saturated heterocycles. The molecular formula is C26H26N2O5S. The van der Waals surface area contributed by atoms with Crippen molar-refractivity contribution in [3.05, 3.63) is 58.0 Å². The van der Waals surface area contributed by atoms with Gasteiger partial charge in [0.15, 0.2) is 0 Å². The zero-order chi connectivity index (χ0) is 23.8. The Kier molecular flexibility index (Phi) is 6.08. The summed E-state index contributed by atoms with van der Waals surface area (Å²) in [5.41, 5.74) is 2.31. The molecule has 2 aliphatic carbocycles. The third kappa shape index (κ3) is 3.86. The van der Waals surface area contributed by atoms with E-state index in [-0.39, 0.29) is 36.2 Å². The molecule has 5 rings (SSSR count). The zero-order valence-electron chi connectivity index (χ0n) is 19.0. The first-order chi connectivity index (χ1) is 16.5. The fourth-order valence-electron chi connectivity index (χ4n) is 5.07. The molecule has 2 atom stereocenters. The molecule has 3 aliphatic rings. The number of rotatable bonds is 5. The Labute approximate surface area is 201 Å². The molecule has 1 N–H and O–H groups in total. The number of benzene rings is 1. The van der Waals surface area contributed by atoms with Gasteiger partial charge in [0, 0.05) is 10.4 Å². The van der Waals surface area contributed by atoms with Gasteiger partial charge in [-0.15, -0.1) is 11.3 Å². The predicted molar refractivity (Wildman–Crippen MR) is 129 cm³/mol. The van der Waals surface area contributed by atoms with Gasteiger partial charge in [-0.2, -0.15) is 0 Å². The van der Waals surface area contributed by atoms with Crippen LogP contribution in [0.5, 0.6) is 0 Å². The Hall–Kier alpha value is -3.26. The van der Waals surface area contributed by atoms with E-state index in [1.165, 1.54) is 16.2 Å². The van der Waals surface area contributed by atoms with Crippen LogP contribution in [-0.4, -0.2) is 30.3 Å². The molecule has 8 heteroatoms. The second-order valence-corrected chi connectivity index (χ2v) is 9.91. The number of carbonyl (C=O) groups excluding carboxylic acids is 4. The molecule has 1 fully saturated rings. The number of nitrogens with one attached hydrogen (secondary N) is 1. The van der Waals surface area contributed by atoms with Crippen LogP contribution in [0.1, 0.15) is 63.8 Å². The van der Waals surface area contributed by atoms with Crippen molar-refractivity contribution in [2.75, 3.05) is 16.8 Å². The number of hydrogen-bond acceptors (Lipinski definition) is 6.